The Hall–Kier alpha value is -0.860. The molecule has 16 heavy (non-hydrogen) atoms. The lowest BCUT2D eigenvalue weighted by molar-refractivity contribution is 0.120. The minimum Gasteiger partial charge on any atom is -0.393 e. The molecule has 2 atom stereocenters. The number of rotatable bonds is 6. The van der Waals surface area contributed by atoms with Crippen LogP contribution in [0.5, 0.6) is 0 Å². The second-order valence-corrected chi connectivity index (χ2v) is 4.62. The van der Waals surface area contributed by atoms with Crippen LogP contribution in [0.3, 0.4) is 0 Å². The number of fused-ring (bicyclic) bond motifs is 1. The van der Waals surface area contributed by atoms with E-state index in [1.807, 2.05) is 0 Å². The van der Waals surface area contributed by atoms with Gasteiger partial charge in [0, 0.05) is 13.7 Å². The van der Waals surface area contributed by atoms with Crippen LogP contribution in [0.1, 0.15) is 36.3 Å². The summed E-state index contributed by atoms with van der Waals surface area (Å²) in [7, 11) is 1.70. The molecule has 0 fully saturated rings. The highest BCUT2D eigenvalue weighted by Gasteiger charge is 2.27. The van der Waals surface area contributed by atoms with Gasteiger partial charge in [-0.25, -0.2) is 0 Å². The van der Waals surface area contributed by atoms with Gasteiger partial charge in [-0.3, -0.25) is 0 Å². The second-order valence-electron chi connectivity index (χ2n) is 4.62. The predicted molar refractivity (Wildman–Crippen MR) is 64.6 cm³/mol. The third-order valence-corrected chi connectivity index (χ3v) is 3.40. The molecule has 1 aliphatic rings. The lowest BCUT2D eigenvalue weighted by atomic mass is 9.74. The average molecular weight is 220 g/mol. The zero-order valence-corrected chi connectivity index (χ0v) is 9.86. The molecule has 0 saturated carbocycles. The van der Waals surface area contributed by atoms with Crippen LogP contribution < -0.4 is 0 Å². The topological polar surface area (TPSA) is 29.5 Å². The Morgan fingerprint density at radius 3 is 3.00 bits per heavy atom. The molecule has 2 heteroatoms. The quantitative estimate of drug-likeness (QED) is 0.746. The van der Waals surface area contributed by atoms with Crippen molar-refractivity contribution in [2.45, 2.75) is 37.7 Å². The molecule has 0 bridgehead atoms. The fourth-order valence-electron chi connectivity index (χ4n) is 2.48. The fraction of sp³-hybridized carbons (Fsp3) is 0.571. The molecule has 0 saturated heterocycles. The Morgan fingerprint density at radius 2 is 2.25 bits per heavy atom. The van der Waals surface area contributed by atoms with Crippen LogP contribution in [-0.4, -0.2) is 24.9 Å². The maximum Gasteiger partial charge on any atom is 0.0547 e. The number of hydrogen-bond acceptors (Lipinski definition) is 2. The molecule has 0 heterocycles. The van der Waals surface area contributed by atoms with Gasteiger partial charge >= 0.3 is 0 Å². The number of hydrogen-bond donors (Lipinski definition) is 1. The molecule has 1 aromatic rings. The van der Waals surface area contributed by atoms with Crippen LogP contribution in [0.15, 0.2) is 24.3 Å². The third-order valence-electron chi connectivity index (χ3n) is 3.40. The summed E-state index contributed by atoms with van der Waals surface area (Å²) >= 11 is 0. The lowest BCUT2D eigenvalue weighted by Gasteiger charge is -2.31. The van der Waals surface area contributed by atoms with E-state index in [4.69, 9.17) is 4.74 Å². The molecule has 88 valence electrons. The summed E-state index contributed by atoms with van der Waals surface area (Å²) in [5, 5.41) is 9.88. The van der Waals surface area contributed by atoms with Gasteiger partial charge in [-0.2, -0.15) is 0 Å². The SMILES string of the molecule is COCCCC(O)CC1Cc2ccccc21. The third kappa shape index (κ3) is 2.63. The van der Waals surface area contributed by atoms with Crippen molar-refractivity contribution in [1.82, 2.24) is 0 Å². The number of ether oxygens (including phenoxy) is 1. The van der Waals surface area contributed by atoms with E-state index in [2.05, 4.69) is 24.3 Å². The van der Waals surface area contributed by atoms with Gasteiger partial charge in [0.05, 0.1) is 6.10 Å². The van der Waals surface area contributed by atoms with Crippen molar-refractivity contribution in [3.05, 3.63) is 35.4 Å². The van der Waals surface area contributed by atoms with E-state index in [1.165, 1.54) is 11.1 Å². The van der Waals surface area contributed by atoms with E-state index >= 15 is 0 Å². The normalized spacial score (nSPS) is 20.0. The van der Waals surface area contributed by atoms with Gasteiger partial charge in [-0.05, 0) is 42.7 Å². The van der Waals surface area contributed by atoms with Gasteiger partial charge in [0.1, 0.15) is 0 Å². The van der Waals surface area contributed by atoms with Crippen molar-refractivity contribution >= 4 is 0 Å². The van der Waals surface area contributed by atoms with Gasteiger partial charge in [-0.15, -0.1) is 0 Å². The van der Waals surface area contributed by atoms with E-state index in [-0.39, 0.29) is 6.10 Å². The number of aliphatic hydroxyl groups is 1. The molecule has 1 N–H and O–H groups in total. The summed E-state index contributed by atoms with van der Waals surface area (Å²) in [4.78, 5) is 0. The maximum atomic E-state index is 9.88. The number of aliphatic hydroxyl groups excluding tert-OH is 1. The van der Waals surface area contributed by atoms with Crippen molar-refractivity contribution in [3.8, 4) is 0 Å². The second kappa shape index (κ2) is 5.46. The zero-order chi connectivity index (χ0) is 11.4. The maximum absolute atomic E-state index is 9.88. The Morgan fingerprint density at radius 1 is 1.44 bits per heavy atom. The van der Waals surface area contributed by atoms with Crippen molar-refractivity contribution < 1.29 is 9.84 Å². The summed E-state index contributed by atoms with van der Waals surface area (Å²) in [5.74, 6) is 0.578. The number of benzene rings is 1. The molecule has 1 aliphatic carbocycles. The first-order valence-electron chi connectivity index (χ1n) is 6.06. The van der Waals surface area contributed by atoms with Crippen LogP contribution in [0.4, 0.5) is 0 Å². The van der Waals surface area contributed by atoms with Gasteiger partial charge in [0.15, 0.2) is 0 Å². The molecule has 0 aliphatic heterocycles. The average Bonchev–Trinajstić information content (AvgIpc) is 2.26. The van der Waals surface area contributed by atoms with Crippen LogP contribution in [0, 0.1) is 0 Å². The van der Waals surface area contributed by atoms with Crippen LogP contribution >= 0.6 is 0 Å². The molecular formula is C14H20O2. The highest BCUT2D eigenvalue weighted by molar-refractivity contribution is 5.39. The van der Waals surface area contributed by atoms with Gasteiger partial charge < -0.3 is 9.84 Å². The molecule has 2 nitrogen and oxygen atoms in total. The molecular weight excluding hydrogens is 200 g/mol. The largest absolute Gasteiger partial charge is 0.393 e. The minimum absolute atomic E-state index is 0.173. The molecule has 0 radical (unpaired) electrons. The Balaban J connectivity index is 1.76. The van der Waals surface area contributed by atoms with Crippen molar-refractivity contribution in [3.63, 3.8) is 0 Å². The first kappa shape index (κ1) is 11.6. The van der Waals surface area contributed by atoms with E-state index in [0.29, 0.717) is 5.92 Å². The van der Waals surface area contributed by atoms with Crippen LogP contribution in [0.2, 0.25) is 0 Å². The zero-order valence-electron chi connectivity index (χ0n) is 9.86. The first-order valence-corrected chi connectivity index (χ1v) is 6.06. The fourth-order valence-corrected chi connectivity index (χ4v) is 2.48. The number of methoxy groups -OCH3 is 1. The van der Waals surface area contributed by atoms with Crippen molar-refractivity contribution in [2.24, 2.45) is 0 Å². The van der Waals surface area contributed by atoms with Crippen LogP contribution in [-0.2, 0) is 11.2 Å². The standard InChI is InChI=1S/C14H20O2/c1-16-8-4-6-13(15)10-12-9-11-5-2-3-7-14(11)12/h2-3,5,7,12-13,15H,4,6,8-10H2,1H3. The Kier molecular flexibility index (Phi) is 3.97. The smallest absolute Gasteiger partial charge is 0.0547 e. The van der Waals surface area contributed by atoms with Crippen molar-refractivity contribution in [2.75, 3.05) is 13.7 Å². The van der Waals surface area contributed by atoms with Gasteiger partial charge in [-0.1, -0.05) is 24.3 Å². The first-order chi connectivity index (χ1) is 7.81. The van der Waals surface area contributed by atoms with E-state index in [0.717, 1.165) is 32.3 Å². The molecule has 1 aromatic carbocycles. The summed E-state index contributed by atoms with van der Waals surface area (Å²) in [5.41, 5.74) is 2.89. The molecule has 2 rings (SSSR count). The molecule has 2 unspecified atom stereocenters. The monoisotopic (exact) mass is 220 g/mol. The summed E-state index contributed by atoms with van der Waals surface area (Å²) in [6.45, 7) is 0.748. The van der Waals surface area contributed by atoms with E-state index < -0.39 is 0 Å². The Labute approximate surface area is 97.3 Å². The predicted octanol–water partition coefficient (Wildman–Crippen LogP) is 2.50. The summed E-state index contributed by atoms with van der Waals surface area (Å²) in [6, 6.07) is 8.54. The molecule has 0 spiro atoms. The molecule has 0 aromatic heterocycles. The van der Waals surface area contributed by atoms with Gasteiger partial charge in [0.25, 0.3) is 0 Å². The van der Waals surface area contributed by atoms with E-state index in [1.54, 1.807) is 7.11 Å². The molecule has 0 amide bonds. The highest BCUT2D eigenvalue weighted by Crippen LogP contribution is 2.38. The van der Waals surface area contributed by atoms with Crippen molar-refractivity contribution in [1.29, 1.82) is 0 Å². The lowest BCUT2D eigenvalue weighted by Crippen LogP contribution is -2.22. The minimum atomic E-state index is -0.173. The van der Waals surface area contributed by atoms with Crippen LogP contribution in [0.25, 0.3) is 0 Å². The van der Waals surface area contributed by atoms with Gasteiger partial charge in [0.2, 0.25) is 0 Å². The summed E-state index contributed by atoms with van der Waals surface area (Å²) < 4.78 is 4.98. The summed E-state index contributed by atoms with van der Waals surface area (Å²) in [6.07, 6.45) is 3.67. The van der Waals surface area contributed by atoms with E-state index in [9.17, 15) is 5.11 Å². The Bertz CT molecular complexity index is 335. The highest BCUT2D eigenvalue weighted by atomic mass is 16.5.